The predicted molar refractivity (Wildman–Crippen MR) is 66.5 cm³/mol. The molecule has 0 fully saturated rings. The third-order valence-corrected chi connectivity index (χ3v) is 2.36. The summed E-state index contributed by atoms with van der Waals surface area (Å²) in [5, 5.41) is 0. The second kappa shape index (κ2) is 6.81. The van der Waals surface area contributed by atoms with Gasteiger partial charge in [-0.2, -0.15) is 0 Å². The van der Waals surface area contributed by atoms with Crippen molar-refractivity contribution in [3.63, 3.8) is 0 Å². The molecule has 0 spiro atoms. The Hall–Kier alpha value is -1.67. The Labute approximate surface area is 108 Å². The quantitative estimate of drug-likeness (QED) is 0.767. The summed E-state index contributed by atoms with van der Waals surface area (Å²) in [5.41, 5.74) is 7.68. The van der Waals surface area contributed by atoms with Crippen molar-refractivity contribution in [1.29, 1.82) is 0 Å². The van der Waals surface area contributed by atoms with E-state index in [-0.39, 0.29) is 12.4 Å². The SMILES string of the molecule is Nc1cccc(OCCc2ccccc2)c1.[Cl-]. The number of nitrogens with two attached hydrogens (primary N) is 1. The first-order valence-corrected chi connectivity index (χ1v) is 5.37. The van der Waals surface area contributed by atoms with E-state index in [4.69, 9.17) is 10.5 Å². The number of halogens is 1. The molecular weight excluding hydrogens is 234 g/mol. The maximum absolute atomic E-state index is 5.66. The highest BCUT2D eigenvalue weighted by Gasteiger charge is 1.95. The van der Waals surface area contributed by atoms with Crippen molar-refractivity contribution >= 4 is 5.69 Å². The summed E-state index contributed by atoms with van der Waals surface area (Å²) in [6.07, 6.45) is 0.912. The summed E-state index contributed by atoms with van der Waals surface area (Å²) < 4.78 is 5.61. The second-order valence-electron chi connectivity index (χ2n) is 3.66. The standard InChI is InChI=1S/C14H15NO.ClH/c15-13-7-4-8-14(11-13)16-10-9-12-5-2-1-3-6-12;/h1-8,11H,9-10,15H2;1H/p-1. The molecule has 3 heteroatoms. The molecule has 0 aromatic heterocycles. The monoisotopic (exact) mass is 248 g/mol. The van der Waals surface area contributed by atoms with Gasteiger partial charge in [0.1, 0.15) is 5.75 Å². The van der Waals surface area contributed by atoms with Gasteiger partial charge in [0, 0.05) is 18.2 Å². The number of nitrogen functional groups attached to an aromatic ring is 1. The fourth-order valence-corrected chi connectivity index (χ4v) is 1.54. The number of hydrogen-bond donors (Lipinski definition) is 1. The van der Waals surface area contributed by atoms with Crippen molar-refractivity contribution in [2.75, 3.05) is 12.3 Å². The maximum Gasteiger partial charge on any atom is 0.121 e. The van der Waals surface area contributed by atoms with Crippen LogP contribution in [-0.2, 0) is 6.42 Å². The zero-order chi connectivity index (χ0) is 11.2. The zero-order valence-corrected chi connectivity index (χ0v) is 10.2. The fraction of sp³-hybridized carbons (Fsp3) is 0.143. The smallest absolute Gasteiger partial charge is 0.121 e. The summed E-state index contributed by atoms with van der Waals surface area (Å²) in [7, 11) is 0. The Kier molecular flexibility index (Phi) is 5.37. The fourth-order valence-electron chi connectivity index (χ4n) is 1.54. The lowest BCUT2D eigenvalue weighted by Gasteiger charge is -2.06. The van der Waals surface area contributed by atoms with Crippen LogP contribution in [0.5, 0.6) is 5.75 Å². The number of rotatable bonds is 4. The number of anilines is 1. The molecule has 2 aromatic rings. The van der Waals surface area contributed by atoms with E-state index < -0.39 is 0 Å². The molecule has 0 aliphatic rings. The summed E-state index contributed by atoms with van der Waals surface area (Å²) in [6, 6.07) is 17.8. The Balaban J connectivity index is 0.00000144. The van der Waals surface area contributed by atoms with Crippen molar-refractivity contribution in [1.82, 2.24) is 0 Å². The molecule has 2 N–H and O–H groups in total. The topological polar surface area (TPSA) is 35.2 Å². The lowest BCUT2D eigenvalue weighted by molar-refractivity contribution is -0.00000380. The third-order valence-electron chi connectivity index (χ3n) is 2.36. The molecule has 0 unspecified atom stereocenters. The van der Waals surface area contributed by atoms with Gasteiger partial charge in [0.2, 0.25) is 0 Å². The summed E-state index contributed by atoms with van der Waals surface area (Å²) in [4.78, 5) is 0. The normalized spacial score (nSPS) is 9.41. The van der Waals surface area contributed by atoms with E-state index in [1.165, 1.54) is 5.56 Å². The van der Waals surface area contributed by atoms with Crippen LogP contribution in [0.2, 0.25) is 0 Å². The molecule has 90 valence electrons. The van der Waals surface area contributed by atoms with Gasteiger partial charge in [-0.1, -0.05) is 36.4 Å². The largest absolute Gasteiger partial charge is 1.00 e. The Morgan fingerprint density at radius 1 is 0.941 bits per heavy atom. The average Bonchev–Trinajstić information content (AvgIpc) is 2.30. The van der Waals surface area contributed by atoms with E-state index in [9.17, 15) is 0 Å². The van der Waals surface area contributed by atoms with Crippen LogP contribution >= 0.6 is 0 Å². The molecule has 0 radical (unpaired) electrons. The molecule has 0 saturated carbocycles. The molecule has 2 aromatic carbocycles. The lowest BCUT2D eigenvalue weighted by Crippen LogP contribution is -3.00. The molecule has 0 aliphatic carbocycles. The van der Waals surface area contributed by atoms with E-state index in [2.05, 4.69) is 12.1 Å². The molecule has 17 heavy (non-hydrogen) atoms. The second-order valence-corrected chi connectivity index (χ2v) is 3.66. The van der Waals surface area contributed by atoms with Crippen LogP contribution in [0.15, 0.2) is 54.6 Å². The van der Waals surface area contributed by atoms with Gasteiger partial charge in [0.05, 0.1) is 6.61 Å². The molecule has 0 aliphatic heterocycles. The van der Waals surface area contributed by atoms with Gasteiger partial charge in [-0.15, -0.1) is 0 Å². The van der Waals surface area contributed by atoms with Crippen molar-refractivity contribution in [3.05, 3.63) is 60.2 Å². The minimum absolute atomic E-state index is 0. The van der Waals surface area contributed by atoms with Gasteiger partial charge in [0.15, 0.2) is 0 Å². The lowest BCUT2D eigenvalue weighted by atomic mass is 10.2. The van der Waals surface area contributed by atoms with Crippen molar-refractivity contribution in [2.24, 2.45) is 0 Å². The Morgan fingerprint density at radius 3 is 2.41 bits per heavy atom. The molecule has 2 rings (SSSR count). The van der Waals surface area contributed by atoms with Crippen LogP contribution in [0.4, 0.5) is 5.69 Å². The molecule has 0 amide bonds. The third kappa shape index (κ3) is 4.37. The summed E-state index contributed by atoms with van der Waals surface area (Å²) in [5.74, 6) is 0.830. The van der Waals surface area contributed by atoms with E-state index >= 15 is 0 Å². The molecule has 0 bridgehead atoms. The van der Waals surface area contributed by atoms with Crippen molar-refractivity contribution < 1.29 is 17.1 Å². The first kappa shape index (κ1) is 13.4. The van der Waals surface area contributed by atoms with E-state index in [0.717, 1.165) is 17.9 Å². The molecule has 0 heterocycles. The van der Waals surface area contributed by atoms with Crippen LogP contribution in [0, 0.1) is 0 Å². The molecular formula is C14H15ClNO-. The van der Waals surface area contributed by atoms with Gasteiger partial charge in [0.25, 0.3) is 0 Å². The van der Waals surface area contributed by atoms with E-state index in [1.54, 1.807) is 0 Å². The van der Waals surface area contributed by atoms with Gasteiger partial charge in [-0.3, -0.25) is 0 Å². The first-order chi connectivity index (χ1) is 7.84. The predicted octanol–water partition coefficient (Wildman–Crippen LogP) is -0.106. The Morgan fingerprint density at radius 2 is 1.71 bits per heavy atom. The Bertz CT molecular complexity index is 445. The minimum atomic E-state index is 0. The van der Waals surface area contributed by atoms with Gasteiger partial charge >= 0.3 is 0 Å². The zero-order valence-electron chi connectivity index (χ0n) is 9.47. The highest BCUT2D eigenvalue weighted by Crippen LogP contribution is 2.14. The average molecular weight is 249 g/mol. The van der Waals surface area contributed by atoms with E-state index in [1.807, 2.05) is 42.5 Å². The highest BCUT2D eigenvalue weighted by atomic mass is 35.5. The number of ether oxygens (including phenoxy) is 1. The van der Waals surface area contributed by atoms with Crippen LogP contribution in [0.25, 0.3) is 0 Å². The molecule has 2 nitrogen and oxygen atoms in total. The van der Waals surface area contributed by atoms with Crippen LogP contribution in [0.3, 0.4) is 0 Å². The van der Waals surface area contributed by atoms with Gasteiger partial charge in [-0.05, 0) is 17.7 Å². The molecule has 0 atom stereocenters. The number of benzene rings is 2. The molecule has 0 saturated heterocycles. The number of hydrogen-bond acceptors (Lipinski definition) is 2. The summed E-state index contributed by atoms with van der Waals surface area (Å²) >= 11 is 0. The van der Waals surface area contributed by atoms with Crippen molar-refractivity contribution in [3.8, 4) is 5.75 Å². The van der Waals surface area contributed by atoms with Crippen LogP contribution in [-0.4, -0.2) is 6.61 Å². The first-order valence-electron chi connectivity index (χ1n) is 5.37. The summed E-state index contributed by atoms with van der Waals surface area (Å²) in [6.45, 7) is 0.674. The maximum atomic E-state index is 5.66. The van der Waals surface area contributed by atoms with E-state index in [0.29, 0.717) is 6.61 Å². The van der Waals surface area contributed by atoms with Crippen LogP contribution < -0.4 is 22.9 Å². The highest BCUT2D eigenvalue weighted by molar-refractivity contribution is 5.43. The van der Waals surface area contributed by atoms with Gasteiger partial charge < -0.3 is 22.9 Å². The minimum Gasteiger partial charge on any atom is -1.00 e. The van der Waals surface area contributed by atoms with Crippen LogP contribution in [0.1, 0.15) is 5.56 Å². The van der Waals surface area contributed by atoms with Gasteiger partial charge in [-0.25, -0.2) is 0 Å². The van der Waals surface area contributed by atoms with Crippen molar-refractivity contribution in [2.45, 2.75) is 6.42 Å².